The number of hydrogen-bond donors (Lipinski definition) is 1. The highest BCUT2D eigenvalue weighted by Gasteiger charge is 2.17. The first kappa shape index (κ1) is 9.76. The molecule has 0 saturated heterocycles. The molecule has 0 atom stereocenters. The van der Waals surface area contributed by atoms with Crippen LogP contribution in [-0.2, 0) is 13.5 Å². The molecule has 0 aliphatic heterocycles. The number of nitrogens with zero attached hydrogens (tertiary/aromatic N) is 2. The Kier molecular flexibility index (Phi) is 2.22. The molecule has 5 heteroatoms. The van der Waals surface area contributed by atoms with Crippen molar-refractivity contribution in [2.45, 2.75) is 13.3 Å². The number of hydrogen-bond acceptors (Lipinski definition) is 3. The molecule has 0 spiro atoms. The number of anilines is 1. The third kappa shape index (κ3) is 1.49. The average molecular weight is 209 g/mol. The normalized spacial score (nSPS) is 10.9. The molecular weight excluding hydrogens is 197 g/mol. The summed E-state index contributed by atoms with van der Waals surface area (Å²) in [6.45, 7) is 1.96. The highest BCUT2D eigenvalue weighted by atomic mass is 19.1. The van der Waals surface area contributed by atoms with Crippen molar-refractivity contribution < 1.29 is 8.81 Å². The maximum absolute atomic E-state index is 13.6. The Hall–Kier alpha value is -1.78. The summed E-state index contributed by atoms with van der Waals surface area (Å²) in [7, 11) is 1.59. The van der Waals surface area contributed by atoms with E-state index < -0.39 is 5.82 Å². The molecule has 0 aliphatic carbocycles. The second kappa shape index (κ2) is 3.42. The van der Waals surface area contributed by atoms with Crippen molar-refractivity contribution in [2.75, 3.05) is 5.73 Å². The van der Waals surface area contributed by atoms with Crippen molar-refractivity contribution in [1.29, 1.82) is 0 Å². The highest BCUT2D eigenvalue weighted by molar-refractivity contribution is 5.58. The predicted molar refractivity (Wildman–Crippen MR) is 54.7 cm³/mol. The summed E-state index contributed by atoms with van der Waals surface area (Å²) in [4.78, 5) is 0. The molecule has 4 nitrogen and oxygen atoms in total. The van der Waals surface area contributed by atoms with E-state index >= 15 is 0 Å². The molecule has 0 aromatic carbocycles. The molecule has 2 aromatic heterocycles. The zero-order valence-electron chi connectivity index (χ0n) is 8.62. The molecule has 0 fully saturated rings. The minimum absolute atomic E-state index is 0.0134. The van der Waals surface area contributed by atoms with E-state index in [1.165, 1.54) is 4.68 Å². The number of aromatic nitrogens is 2. The Bertz CT molecular complexity index is 487. The lowest BCUT2D eigenvalue weighted by Crippen LogP contribution is -1.97. The molecule has 0 unspecified atom stereocenters. The molecule has 2 rings (SSSR count). The van der Waals surface area contributed by atoms with Crippen LogP contribution in [-0.4, -0.2) is 9.78 Å². The largest absolute Gasteiger partial charge is 0.459 e. The van der Waals surface area contributed by atoms with Gasteiger partial charge in [0.1, 0.15) is 5.76 Å². The molecule has 0 bridgehead atoms. The number of nitrogen functional groups attached to an aromatic ring is 1. The first-order chi connectivity index (χ1) is 7.13. The summed E-state index contributed by atoms with van der Waals surface area (Å²) >= 11 is 0. The molecule has 80 valence electrons. The van der Waals surface area contributed by atoms with Gasteiger partial charge in [-0.05, 0) is 12.1 Å². The summed E-state index contributed by atoms with van der Waals surface area (Å²) in [5, 5.41) is 3.95. The van der Waals surface area contributed by atoms with Gasteiger partial charge in [-0.1, -0.05) is 6.92 Å². The van der Waals surface area contributed by atoms with Crippen LogP contribution in [0.5, 0.6) is 0 Å². The summed E-state index contributed by atoms with van der Waals surface area (Å²) < 4.78 is 20.2. The minimum atomic E-state index is -0.533. The number of aryl methyl sites for hydroxylation is 2. The smallest absolute Gasteiger partial charge is 0.196 e. The maximum Gasteiger partial charge on any atom is 0.196 e. The Morgan fingerprint density at radius 2 is 2.27 bits per heavy atom. The first-order valence-corrected chi connectivity index (χ1v) is 4.70. The van der Waals surface area contributed by atoms with Gasteiger partial charge >= 0.3 is 0 Å². The lowest BCUT2D eigenvalue weighted by atomic mass is 10.3. The monoisotopic (exact) mass is 209 g/mol. The Morgan fingerprint density at radius 1 is 1.53 bits per heavy atom. The van der Waals surface area contributed by atoms with Crippen molar-refractivity contribution in [3.63, 3.8) is 0 Å². The fraction of sp³-hybridized carbons (Fsp3) is 0.300. The molecule has 2 aromatic rings. The van der Waals surface area contributed by atoms with Crippen molar-refractivity contribution in [3.05, 3.63) is 23.7 Å². The van der Waals surface area contributed by atoms with Crippen molar-refractivity contribution in [3.8, 4) is 11.5 Å². The standard InChI is InChI=1S/C10H12FN3O/c1-3-6-4-5-7(15-6)9-8(11)10(12)14(2)13-9/h4-5H,3,12H2,1-2H3. The van der Waals surface area contributed by atoms with Gasteiger partial charge in [0.25, 0.3) is 0 Å². The molecule has 0 amide bonds. The van der Waals surface area contributed by atoms with Crippen LogP contribution in [0.15, 0.2) is 16.5 Å². The van der Waals surface area contributed by atoms with Gasteiger partial charge in [-0.3, -0.25) is 0 Å². The van der Waals surface area contributed by atoms with Crippen LogP contribution in [0.4, 0.5) is 10.2 Å². The molecular formula is C10H12FN3O. The van der Waals surface area contributed by atoms with E-state index in [2.05, 4.69) is 5.10 Å². The minimum Gasteiger partial charge on any atom is -0.459 e. The average Bonchev–Trinajstić information content (AvgIpc) is 2.79. The summed E-state index contributed by atoms with van der Waals surface area (Å²) in [6.07, 6.45) is 0.768. The molecule has 0 aliphatic rings. The first-order valence-electron chi connectivity index (χ1n) is 4.70. The third-order valence-corrected chi connectivity index (χ3v) is 2.27. The highest BCUT2D eigenvalue weighted by Crippen LogP contribution is 2.26. The number of furan rings is 1. The van der Waals surface area contributed by atoms with Gasteiger partial charge in [0.15, 0.2) is 23.1 Å². The van der Waals surface area contributed by atoms with E-state index in [0.29, 0.717) is 5.76 Å². The van der Waals surface area contributed by atoms with E-state index in [0.717, 1.165) is 12.2 Å². The van der Waals surface area contributed by atoms with Crippen LogP contribution < -0.4 is 5.73 Å². The van der Waals surface area contributed by atoms with Crippen LogP contribution >= 0.6 is 0 Å². The van der Waals surface area contributed by atoms with Crippen molar-refractivity contribution >= 4 is 5.82 Å². The van der Waals surface area contributed by atoms with Crippen molar-refractivity contribution in [1.82, 2.24) is 9.78 Å². The van der Waals surface area contributed by atoms with E-state index in [9.17, 15) is 4.39 Å². The fourth-order valence-corrected chi connectivity index (χ4v) is 1.36. The van der Waals surface area contributed by atoms with Gasteiger partial charge in [0, 0.05) is 13.5 Å². The number of nitrogens with two attached hydrogens (primary N) is 1. The molecule has 0 radical (unpaired) electrons. The molecule has 15 heavy (non-hydrogen) atoms. The van der Waals surface area contributed by atoms with Crippen LogP contribution in [0.3, 0.4) is 0 Å². The van der Waals surface area contributed by atoms with Gasteiger partial charge in [0.05, 0.1) is 0 Å². The van der Waals surface area contributed by atoms with E-state index in [1.807, 2.05) is 6.92 Å². The summed E-state index contributed by atoms with van der Waals surface area (Å²) in [5.74, 6) is 0.694. The van der Waals surface area contributed by atoms with Crippen LogP contribution in [0.1, 0.15) is 12.7 Å². The maximum atomic E-state index is 13.6. The SMILES string of the molecule is CCc1ccc(-c2nn(C)c(N)c2F)o1. The van der Waals surface area contributed by atoms with E-state index in [4.69, 9.17) is 10.2 Å². The zero-order valence-corrected chi connectivity index (χ0v) is 8.62. The van der Waals surface area contributed by atoms with Crippen LogP contribution in [0.25, 0.3) is 11.5 Å². The van der Waals surface area contributed by atoms with E-state index in [-0.39, 0.29) is 11.5 Å². The lowest BCUT2D eigenvalue weighted by molar-refractivity contribution is 0.521. The van der Waals surface area contributed by atoms with Crippen LogP contribution in [0, 0.1) is 5.82 Å². The zero-order chi connectivity index (χ0) is 11.0. The van der Waals surface area contributed by atoms with Crippen molar-refractivity contribution in [2.24, 2.45) is 7.05 Å². The van der Waals surface area contributed by atoms with Gasteiger partial charge in [0.2, 0.25) is 0 Å². The van der Waals surface area contributed by atoms with Crippen LogP contribution in [0.2, 0.25) is 0 Å². The topological polar surface area (TPSA) is 57.0 Å². The number of halogens is 1. The lowest BCUT2D eigenvalue weighted by Gasteiger charge is -1.90. The second-order valence-corrected chi connectivity index (χ2v) is 3.29. The number of rotatable bonds is 2. The van der Waals surface area contributed by atoms with E-state index in [1.54, 1.807) is 19.2 Å². The van der Waals surface area contributed by atoms with Gasteiger partial charge in [-0.2, -0.15) is 5.10 Å². The summed E-state index contributed by atoms with van der Waals surface area (Å²) in [6, 6.07) is 3.50. The predicted octanol–water partition coefficient (Wildman–Crippen LogP) is 1.96. The molecule has 2 N–H and O–H groups in total. The second-order valence-electron chi connectivity index (χ2n) is 3.29. The Balaban J connectivity index is 2.49. The summed E-state index contributed by atoms with van der Waals surface area (Å²) in [5.41, 5.74) is 5.62. The van der Waals surface area contributed by atoms with Gasteiger partial charge < -0.3 is 10.2 Å². The third-order valence-electron chi connectivity index (χ3n) is 2.27. The quantitative estimate of drug-likeness (QED) is 0.822. The fourth-order valence-electron chi connectivity index (χ4n) is 1.36. The molecule has 2 heterocycles. The van der Waals surface area contributed by atoms with Gasteiger partial charge in [-0.15, -0.1) is 0 Å². The molecule has 0 saturated carbocycles. The Labute approximate surface area is 86.5 Å². The van der Waals surface area contributed by atoms with Gasteiger partial charge in [-0.25, -0.2) is 9.07 Å². The Morgan fingerprint density at radius 3 is 2.73 bits per heavy atom.